The molecule has 2 aromatic heterocycles. The summed E-state index contributed by atoms with van der Waals surface area (Å²) >= 11 is 7.85. The van der Waals surface area contributed by atoms with Crippen LogP contribution in [0.4, 0.5) is 0 Å². The van der Waals surface area contributed by atoms with Crippen LogP contribution < -0.4 is 0 Å². The van der Waals surface area contributed by atoms with Crippen LogP contribution in [0.5, 0.6) is 0 Å². The predicted molar refractivity (Wildman–Crippen MR) is 140 cm³/mol. The van der Waals surface area contributed by atoms with Gasteiger partial charge in [-0.05, 0) is 61.3 Å². The highest BCUT2D eigenvalue weighted by atomic mass is 35.5. The van der Waals surface area contributed by atoms with Crippen molar-refractivity contribution in [1.82, 2.24) is 24.6 Å². The number of benzene rings is 2. The van der Waals surface area contributed by atoms with E-state index in [4.69, 9.17) is 11.6 Å². The molecule has 0 N–H and O–H groups in total. The highest BCUT2D eigenvalue weighted by Crippen LogP contribution is 2.32. The van der Waals surface area contributed by atoms with E-state index < -0.39 is 0 Å². The van der Waals surface area contributed by atoms with Crippen LogP contribution in [-0.4, -0.2) is 37.7 Å². The topological polar surface area (TPSA) is 46.8 Å². The van der Waals surface area contributed by atoms with Gasteiger partial charge in [0.25, 0.3) is 0 Å². The van der Waals surface area contributed by atoms with Gasteiger partial charge in [0.1, 0.15) is 5.82 Å². The molecule has 1 aliphatic rings. The normalized spacial score (nSPS) is 15.1. The van der Waals surface area contributed by atoms with Crippen molar-refractivity contribution in [2.24, 2.45) is 0 Å². The number of hydrogen-bond donors (Lipinski definition) is 0. The quantitative estimate of drug-likeness (QED) is 0.213. The Balaban J connectivity index is 1.24. The fourth-order valence-electron chi connectivity index (χ4n) is 4.68. The minimum absolute atomic E-state index is 0.415. The third-order valence-corrected chi connectivity index (χ3v) is 7.67. The highest BCUT2D eigenvalue weighted by Gasteiger charge is 2.26. The molecule has 1 aliphatic heterocycles. The molecule has 0 saturated carbocycles. The van der Waals surface area contributed by atoms with E-state index in [1.165, 1.54) is 16.5 Å². The average Bonchev–Trinajstić information content (AvgIpc) is 3.26. The van der Waals surface area contributed by atoms with E-state index in [9.17, 15) is 0 Å². The number of likely N-dealkylation sites (tertiary alicyclic amines) is 1. The van der Waals surface area contributed by atoms with Gasteiger partial charge in [0.2, 0.25) is 0 Å². The summed E-state index contributed by atoms with van der Waals surface area (Å²) in [5.74, 6) is 2.31. The molecule has 1 fully saturated rings. The zero-order valence-electron chi connectivity index (χ0n) is 19.1. The monoisotopic (exact) mass is 489 g/mol. The molecule has 4 aromatic rings. The molecule has 0 radical (unpaired) electrons. The zero-order chi connectivity index (χ0) is 23.3. The lowest BCUT2D eigenvalue weighted by atomic mass is 9.95. The molecular formula is C27H28ClN5S. The summed E-state index contributed by atoms with van der Waals surface area (Å²) < 4.78 is 2.24. The molecule has 1 saturated heterocycles. The van der Waals surface area contributed by atoms with E-state index in [1.54, 1.807) is 11.8 Å². The first kappa shape index (κ1) is 23.1. The van der Waals surface area contributed by atoms with Crippen LogP contribution in [0.15, 0.2) is 78.6 Å². The summed E-state index contributed by atoms with van der Waals surface area (Å²) in [6, 6.07) is 18.6. The van der Waals surface area contributed by atoms with Gasteiger partial charge in [-0.1, -0.05) is 59.8 Å². The van der Waals surface area contributed by atoms with Gasteiger partial charge in [0.05, 0.1) is 5.52 Å². The Kier molecular flexibility index (Phi) is 7.28. The largest absolute Gasteiger partial charge is 0.302 e. The average molecular weight is 490 g/mol. The van der Waals surface area contributed by atoms with Gasteiger partial charge < -0.3 is 4.57 Å². The van der Waals surface area contributed by atoms with Crippen LogP contribution in [0.1, 0.15) is 35.7 Å². The Hall–Kier alpha value is -2.67. The van der Waals surface area contributed by atoms with Crippen LogP contribution in [0, 0.1) is 0 Å². The van der Waals surface area contributed by atoms with E-state index in [0.29, 0.717) is 5.92 Å². The molecule has 5 rings (SSSR count). The van der Waals surface area contributed by atoms with Crippen LogP contribution in [0.3, 0.4) is 0 Å². The molecule has 0 bridgehead atoms. The maximum atomic E-state index is 6.14. The number of allylic oxidation sites excluding steroid dienone is 1. The van der Waals surface area contributed by atoms with Gasteiger partial charge in [0, 0.05) is 41.4 Å². The van der Waals surface area contributed by atoms with E-state index in [0.717, 1.165) is 66.3 Å². The number of rotatable bonds is 8. The first-order valence-electron chi connectivity index (χ1n) is 11.7. The van der Waals surface area contributed by atoms with Gasteiger partial charge in [-0.2, -0.15) is 0 Å². The first-order chi connectivity index (χ1) is 16.7. The zero-order valence-corrected chi connectivity index (χ0v) is 20.7. The van der Waals surface area contributed by atoms with Crippen molar-refractivity contribution in [2.45, 2.75) is 42.8 Å². The van der Waals surface area contributed by atoms with Crippen LogP contribution in [0.25, 0.3) is 10.9 Å². The molecule has 34 heavy (non-hydrogen) atoms. The van der Waals surface area contributed by atoms with Crippen molar-refractivity contribution < 1.29 is 0 Å². The summed E-state index contributed by atoms with van der Waals surface area (Å²) in [4.78, 5) is 7.04. The van der Waals surface area contributed by atoms with E-state index in [1.807, 2.05) is 36.5 Å². The van der Waals surface area contributed by atoms with Crippen LogP contribution in [-0.2, 0) is 18.8 Å². The van der Waals surface area contributed by atoms with Crippen molar-refractivity contribution in [3.63, 3.8) is 0 Å². The fourth-order valence-corrected chi connectivity index (χ4v) is 5.79. The molecule has 0 spiro atoms. The smallest absolute Gasteiger partial charge is 0.191 e. The number of fused-ring (bicyclic) bond motifs is 1. The molecule has 174 valence electrons. The van der Waals surface area contributed by atoms with Crippen LogP contribution in [0.2, 0.25) is 5.02 Å². The molecule has 0 amide bonds. The Morgan fingerprint density at radius 3 is 2.74 bits per heavy atom. The number of piperidine rings is 1. The third-order valence-electron chi connectivity index (χ3n) is 6.40. The standard InChI is InChI=1S/C27H28ClN5S/c1-2-14-33-26(30-31-27(33)34-19-20-6-3-8-23(28)17-20)21-11-15-32(16-12-21)18-22-7-4-10-25-24(22)9-5-13-29-25/h2-10,13,17,21H,1,11-12,14-16,18-19H2. The van der Waals surface area contributed by atoms with Crippen molar-refractivity contribution in [2.75, 3.05) is 13.1 Å². The molecule has 3 heterocycles. The summed E-state index contributed by atoms with van der Waals surface area (Å²) in [5, 5.41) is 12.1. The van der Waals surface area contributed by atoms with Gasteiger partial charge in [0.15, 0.2) is 5.16 Å². The minimum atomic E-state index is 0.415. The Bertz CT molecular complexity index is 1270. The second-order valence-corrected chi connectivity index (χ2v) is 10.1. The van der Waals surface area contributed by atoms with Crippen LogP contribution >= 0.6 is 23.4 Å². The molecule has 0 atom stereocenters. The van der Waals surface area contributed by atoms with Crippen molar-refractivity contribution in [3.8, 4) is 0 Å². The van der Waals surface area contributed by atoms with Crippen molar-refractivity contribution in [3.05, 3.63) is 95.4 Å². The third kappa shape index (κ3) is 5.19. The lowest BCUT2D eigenvalue weighted by Crippen LogP contribution is -2.33. The lowest BCUT2D eigenvalue weighted by Gasteiger charge is -2.32. The number of pyridine rings is 1. The van der Waals surface area contributed by atoms with Gasteiger partial charge in [-0.3, -0.25) is 9.88 Å². The lowest BCUT2D eigenvalue weighted by molar-refractivity contribution is 0.200. The summed E-state index contributed by atoms with van der Waals surface area (Å²) in [7, 11) is 0. The molecule has 7 heteroatoms. The van der Waals surface area contributed by atoms with Gasteiger partial charge >= 0.3 is 0 Å². The van der Waals surface area contributed by atoms with Crippen molar-refractivity contribution in [1.29, 1.82) is 0 Å². The predicted octanol–water partition coefficient (Wildman–Crippen LogP) is 6.34. The molecular weight excluding hydrogens is 462 g/mol. The molecule has 2 aromatic carbocycles. The van der Waals surface area contributed by atoms with Gasteiger partial charge in [-0.25, -0.2) is 0 Å². The fraction of sp³-hybridized carbons (Fsp3) is 0.296. The number of halogens is 1. The number of thioether (sulfide) groups is 1. The second kappa shape index (κ2) is 10.7. The SMILES string of the molecule is C=CCn1c(SCc2cccc(Cl)c2)nnc1C1CCN(Cc2cccc3ncccc23)CC1. The number of nitrogens with zero attached hydrogens (tertiary/aromatic N) is 5. The maximum absolute atomic E-state index is 6.14. The Labute approximate surface area is 209 Å². The molecule has 5 nitrogen and oxygen atoms in total. The highest BCUT2D eigenvalue weighted by molar-refractivity contribution is 7.98. The second-order valence-electron chi connectivity index (χ2n) is 8.70. The van der Waals surface area contributed by atoms with Crippen molar-refractivity contribution >= 4 is 34.3 Å². The summed E-state index contributed by atoms with van der Waals surface area (Å²) in [6.45, 7) is 7.74. The first-order valence-corrected chi connectivity index (χ1v) is 13.0. The van der Waals surface area contributed by atoms with E-state index in [2.05, 4.69) is 61.6 Å². The molecule has 0 unspecified atom stereocenters. The number of aromatic nitrogens is 4. The minimum Gasteiger partial charge on any atom is -0.302 e. The molecule has 0 aliphatic carbocycles. The van der Waals surface area contributed by atoms with E-state index in [-0.39, 0.29) is 0 Å². The van der Waals surface area contributed by atoms with Gasteiger partial charge in [-0.15, -0.1) is 16.8 Å². The Morgan fingerprint density at radius 1 is 1.06 bits per heavy atom. The summed E-state index contributed by atoms with van der Waals surface area (Å²) in [6.07, 6.45) is 5.95. The number of hydrogen-bond acceptors (Lipinski definition) is 5. The van der Waals surface area contributed by atoms with E-state index >= 15 is 0 Å². The summed E-state index contributed by atoms with van der Waals surface area (Å²) in [5.41, 5.74) is 3.60. The maximum Gasteiger partial charge on any atom is 0.191 e. The Morgan fingerprint density at radius 2 is 1.91 bits per heavy atom.